The van der Waals surface area contributed by atoms with Gasteiger partial charge in [0.05, 0.1) is 30.5 Å². The molecular formula is C23H23N3O5S. The highest BCUT2D eigenvalue weighted by Gasteiger charge is 2.30. The first-order valence-electron chi connectivity index (χ1n) is 9.93. The number of anilines is 3. The lowest BCUT2D eigenvalue weighted by molar-refractivity contribution is 0.262. The van der Waals surface area contributed by atoms with Gasteiger partial charge in [0.2, 0.25) is 0 Å². The van der Waals surface area contributed by atoms with Gasteiger partial charge in [-0.05, 0) is 54.4 Å². The number of nitrogens with zero attached hydrogens (tertiary/aromatic N) is 1. The van der Waals surface area contributed by atoms with Gasteiger partial charge in [0.1, 0.15) is 11.5 Å². The van der Waals surface area contributed by atoms with Gasteiger partial charge in [-0.2, -0.15) is 0 Å². The topological polar surface area (TPSA) is 97.0 Å². The molecule has 0 spiro atoms. The van der Waals surface area contributed by atoms with Crippen molar-refractivity contribution >= 4 is 33.1 Å². The Morgan fingerprint density at radius 1 is 0.938 bits per heavy atom. The minimum atomic E-state index is -3.64. The Morgan fingerprint density at radius 3 is 2.44 bits per heavy atom. The van der Waals surface area contributed by atoms with Crippen LogP contribution >= 0.6 is 0 Å². The van der Waals surface area contributed by atoms with Crippen LogP contribution in [0.15, 0.2) is 71.6 Å². The van der Waals surface area contributed by atoms with Crippen molar-refractivity contribution in [1.29, 1.82) is 0 Å². The van der Waals surface area contributed by atoms with E-state index in [0.717, 1.165) is 5.56 Å². The zero-order chi connectivity index (χ0) is 22.7. The predicted molar refractivity (Wildman–Crippen MR) is 123 cm³/mol. The van der Waals surface area contributed by atoms with E-state index in [1.807, 2.05) is 0 Å². The van der Waals surface area contributed by atoms with Crippen LogP contribution in [-0.4, -0.2) is 35.2 Å². The first kappa shape index (κ1) is 21.5. The Hall–Kier alpha value is -3.72. The van der Waals surface area contributed by atoms with E-state index < -0.39 is 16.1 Å². The Morgan fingerprint density at radius 2 is 1.72 bits per heavy atom. The number of urea groups is 1. The van der Waals surface area contributed by atoms with E-state index >= 15 is 0 Å². The van der Waals surface area contributed by atoms with Crippen LogP contribution in [0.3, 0.4) is 0 Å². The standard InChI is InChI=1S/C23H23N3O5S/c1-30-18-9-11-22(31-2)20(15-18)25-23(27)24-17-8-10-21-16(14-17)12-13-26(21)32(28,29)19-6-4-3-5-7-19/h3-11,14-15H,12-13H2,1-2H3,(H2,24,25,27). The number of amides is 2. The van der Waals surface area contributed by atoms with Gasteiger partial charge in [0.25, 0.3) is 10.0 Å². The van der Waals surface area contributed by atoms with Crippen LogP contribution in [0, 0.1) is 0 Å². The maximum atomic E-state index is 13.0. The van der Waals surface area contributed by atoms with Crippen LogP contribution in [0.25, 0.3) is 0 Å². The summed E-state index contributed by atoms with van der Waals surface area (Å²) in [7, 11) is -0.581. The summed E-state index contributed by atoms with van der Waals surface area (Å²) < 4.78 is 37.9. The first-order valence-corrected chi connectivity index (χ1v) is 11.4. The van der Waals surface area contributed by atoms with Crippen molar-refractivity contribution in [3.8, 4) is 11.5 Å². The first-order chi connectivity index (χ1) is 15.4. The van der Waals surface area contributed by atoms with Crippen molar-refractivity contribution in [2.24, 2.45) is 0 Å². The molecule has 3 aromatic carbocycles. The van der Waals surface area contributed by atoms with Crippen LogP contribution in [0.4, 0.5) is 21.9 Å². The smallest absolute Gasteiger partial charge is 0.323 e. The van der Waals surface area contributed by atoms with Crippen molar-refractivity contribution in [2.75, 3.05) is 35.7 Å². The lowest BCUT2D eigenvalue weighted by Gasteiger charge is -2.20. The molecule has 0 atom stereocenters. The molecule has 0 saturated heterocycles. The molecule has 2 N–H and O–H groups in total. The zero-order valence-electron chi connectivity index (χ0n) is 17.7. The third-order valence-corrected chi connectivity index (χ3v) is 7.00. The van der Waals surface area contributed by atoms with Crippen LogP contribution in [-0.2, 0) is 16.4 Å². The number of benzene rings is 3. The maximum absolute atomic E-state index is 13.0. The fourth-order valence-corrected chi connectivity index (χ4v) is 5.14. The molecule has 1 heterocycles. The average molecular weight is 454 g/mol. The number of rotatable bonds is 6. The number of carbonyl (C=O) groups excluding carboxylic acids is 1. The number of nitrogens with one attached hydrogen (secondary N) is 2. The molecule has 1 aliphatic rings. The minimum Gasteiger partial charge on any atom is -0.497 e. The molecule has 3 aromatic rings. The summed E-state index contributed by atoms with van der Waals surface area (Å²) in [5.41, 5.74) is 2.49. The molecule has 166 valence electrons. The molecule has 9 heteroatoms. The summed E-state index contributed by atoms with van der Waals surface area (Å²) >= 11 is 0. The van der Waals surface area contributed by atoms with Gasteiger partial charge in [0.15, 0.2) is 0 Å². The highest BCUT2D eigenvalue weighted by Crippen LogP contribution is 2.35. The van der Waals surface area contributed by atoms with Crippen LogP contribution in [0.2, 0.25) is 0 Å². The van der Waals surface area contributed by atoms with E-state index in [1.54, 1.807) is 66.7 Å². The second-order valence-electron chi connectivity index (χ2n) is 7.13. The summed E-state index contributed by atoms with van der Waals surface area (Å²) in [5.74, 6) is 1.08. The summed E-state index contributed by atoms with van der Waals surface area (Å²) in [6.07, 6.45) is 0.558. The van der Waals surface area contributed by atoms with E-state index in [0.29, 0.717) is 41.5 Å². The van der Waals surface area contributed by atoms with Gasteiger partial charge in [0, 0.05) is 18.3 Å². The Kier molecular flexibility index (Phi) is 5.91. The molecule has 8 nitrogen and oxygen atoms in total. The molecule has 0 radical (unpaired) electrons. The molecule has 0 aliphatic carbocycles. The molecule has 4 rings (SSSR count). The Balaban J connectivity index is 1.51. The lowest BCUT2D eigenvalue weighted by Crippen LogP contribution is -2.29. The molecule has 2 amide bonds. The minimum absolute atomic E-state index is 0.252. The Bertz CT molecular complexity index is 1250. The van der Waals surface area contributed by atoms with Crippen LogP contribution < -0.4 is 24.4 Å². The van der Waals surface area contributed by atoms with Crippen molar-refractivity contribution < 1.29 is 22.7 Å². The van der Waals surface area contributed by atoms with E-state index in [2.05, 4.69) is 10.6 Å². The van der Waals surface area contributed by atoms with Gasteiger partial charge in [-0.3, -0.25) is 4.31 Å². The number of fused-ring (bicyclic) bond motifs is 1. The van der Waals surface area contributed by atoms with Crippen LogP contribution in [0.5, 0.6) is 11.5 Å². The number of carbonyl (C=O) groups is 1. The van der Waals surface area contributed by atoms with Crippen molar-refractivity contribution in [3.63, 3.8) is 0 Å². The number of hydrogen-bond acceptors (Lipinski definition) is 5. The fourth-order valence-electron chi connectivity index (χ4n) is 3.62. The molecule has 0 saturated carbocycles. The molecule has 0 aromatic heterocycles. The molecular weight excluding hydrogens is 430 g/mol. The van der Waals surface area contributed by atoms with E-state index in [9.17, 15) is 13.2 Å². The van der Waals surface area contributed by atoms with E-state index in [-0.39, 0.29) is 4.90 Å². The Labute approximate surface area is 186 Å². The molecule has 0 bridgehead atoms. The van der Waals surface area contributed by atoms with Gasteiger partial charge < -0.3 is 20.1 Å². The second-order valence-corrected chi connectivity index (χ2v) is 8.99. The fraction of sp³-hybridized carbons (Fsp3) is 0.174. The average Bonchev–Trinajstić information content (AvgIpc) is 3.23. The summed E-state index contributed by atoms with van der Waals surface area (Å²) in [5, 5.41) is 5.53. The number of ether oxygens (including phenoxy) is 2. The van der Waals surface area contributed by atoms with Gasteiger partial charge in [-0.15, -0.1) is 0 Å². The zero-order valence-corrected chi connectivity index (χ0v) is 18.5. The SMILES string of the molecule is COc1ccc(OC)c(NC(=O)Nc2ccc3c(c2)CCN3S(=O)(=O)c2ccccc2)c1. The predicted octanol–water partition coefficient (Wildman–Crippen LogP) is 4.10. The summed E-state index contributed by atoms with van der Waals surface area (Å²) in [6.45, 7) is 0.350. The van der Waals surface area contributed by atoms with Crippen molar-refractivity contribution in [1.82, 2.24) is 0 Å². The highest BCUT2D eigenvalue weighted by atomic mass is 32.2. The second kappa shape index (κ2) is 8.80. The van der Waals surface area contributed by atoms with E-state index in [1.165, 1.54) is 18.5 Å². The van der Waals surface area contributed by atoms with Crippen molar-refractivity contribution in [3.05, 3.63) is 72.3 Å². The number of sulfonamides is 1. The number of methoxy groups -OCH3 is 2. The molecule has 0 unspecified atom stereocenters. The molecule has 32 heavy (non-hydrogen) atoms. The third-order valence-electron chi connectivity index (χ3n) is 5.18. The quantitative estimate of drug-likeness (QED) is 0.586. The normalized spacial score (nSPS) is 12.8. The summed E-state index contributed by atoms with van der Waals surface area (Å²) in [6, 6.07) is 18.2. The molecule has 1 aliphatic heterocycles. The highest BCUT2D eigenvalue weighted by molar-refractivity contribution is 7.92. The number of hydrogen-bond donors (Lipinski definition) is 2. The largest absolute Gasteiger partial charge is 0.497 e. The monoisotopic (exact) mass is 453 g/mol. The summed E-state index contributed by atoms with van der Waals surface area (Å²) in [4.78, 5) is 12.8. The van der Waals surface area contributed by atoms with E-state index in [4.69, 9.17) is 9.47 Å². The molecule has 0 fully saturated rings. The van der Waals surface area contributed by atoms with Gasteiger partial charge >= 0.3 is 6.03 Å². The van der Waals surface area contributed by atoms with Gasteiger partial charge in [-0.25, -0.2) is 13.2 Å². The van der Waals surface area contributed by atoms with Crippen molar-refractivity contribution in [2.45, 2.75) is 11.3 Å². The van der Waals surface area contributed by atoms with Gasteiger partial charge in [-0.1, -0.05) is 18.2 Å². The maximum Gasteiger partial charge on any atom is 0.323 e. The van der Waals surface area contributed by atoms with Crippen LogP contribution in [0.1, 0.15) is 5.56 Å². The lowest BCUT2D eigenvalue weighted by atomic mass is 10.1. The third kappa shape index (κ3) is 4.19.